The average Bonchev–Trinajstić information content (AvgIpc) is 3.88. The van der Waals surface area contributed by atoms with Crippen LogP contribution in [-0.4, -0.2) is 23.2 Å². The molecule has 0 atom stereocenters. The molecule has 0 unspecified atom stereocenters. The van der Waals surface area contributed by atoms with Crippen molar-refractivity contribution in [1.29, 1.82) is 0 Å². The second-order valence-electron chi connectivity index (χ2n) is 12.3. The lowest BCUT2D eigenvalue weighted by Crippen LogP contribution is -1.89. The monoisotopic (exact) mass is 587 g/mol. The van der Waals surface area contributed by atoms with Gasteiger partial charge in [0.2, 0.25) is 11.6 Å². The maximum atomic E-state index is 6.32. The number of para-hydroxylation sites is 1. The van der Waals surface area contributed by atoms with Gasteiger partial charge in [0, 0.05) is 10.8 Å². The third-order valence-corrected chi connectivity index (χ3v) is 9.90. The number of fused-ring (bicyclic) bond motifs is 15. The van der Waals surface area contributed by atoms with E-state index in [0.717, 1.165) is 83.2 Å². The van der Waals surface area contributed by atoms with E-state index in [0.29, 0.717) is 0 Å². The van der Waals surface area contributed by atoms with Gasteiger partial charge in [-0.05, 0) is 81.2 Å². The average molecular weight is 588 g/mol. The quantitative estimate of drug-likeness (QED) is 0.192. The number of hydrogen-bond acceptors (Lipinski definition) is 3. The Morgan fingerprint density at radius 1 is 0.457 bits per heavy atom. The first kappa shape index (κ1) is 23.0. The van der Waals surface area contributed by atoms with E-state index in [2.05, 4.69) is 128 Å². The maximum Gasteiger partial charge on any atom is 0.223 e. The van der Waals surface area contributed by atoms with Crippen molar-refractivity contribution < 1.29 is 4.42 Å². The molecule has 12 aromatic rings. The summed E-state index contributed by atoms with van der Waals surface area (Å²) in [4.78, 5) is 10.5. The normalized spacial score (nSPS) is 12.8. The largest absolute Gasteiger partial charge is 0.456 e. The van der Waals surface area contributed by atoms with Crippen LogP contribution in [0.25, 0.3) is 105 Å². The highest BCUT2D eigenvalue weighted by molar-refractivity contribution is 6.15. The van der Waals surface area contributed by atoms with Crippen LogP contribution in [0.4, 0.5) is 0 Å². The van der Waals surface area contributed by atoms with Crippen molar-refractivity contribution in [3.05, 3.63) is 127 Å². The number of furan rings is 1. The van der Waals surface area contributed by atoms with Crippen molar-refractivity contribution in [2.75, 3.05) is 0 Å². The smallest absolute Gasteiger partial charge is 0.223 e. The van der Waals surface area contributed by atoms with Crippen LogP contribution < -0.4 is 0 Å². The summed E-state index contributed by atoms with van der Waals surface area (Å²) in [6, 6.07) is 45.2. The van der Waals surface area contributed by atoms with E-state index in [4.69, 9.17) is 14.4 Å². The molecule has 0 saturated carbocycles. The molecule has 0 aliphatic heterocycles. The van der Waals surface area contributed by atoms with Crippen molar-refractivity contribution in [2.45, 2.75) is 0 Å². The van der Waals surface area contributed by atoms with Crippen LogP contribution in [0.5, 0.6) is 0 Å². The number of aromatic nitrogens is 5. The summed E-state index contributed by atoms with van der Waals surface area (Å²) in [5.41, 5.74) is 11.5. The van der Waals surface area contributed by atoms with E-state index in [-0.39, 0.29) is 0 Å². The van der Waals surface area contributed by atoms with Crippen LogP contribution in [0.2, 0.25) is 0 Å². The van der Waals surface area contributed by atoms with Crippen LogP contribution in [0.3, 0.4) is 0 Å². The molecule has 6 nitrogen and oxygen atoms in total. The summed E-state index contributed by atoms with van der Waals surface area (Å²) in [5.74, 6) is 1.73. The van der Waals surface area contributed by atoms with E-state index in [1.807, 2.05) is 12.1 Å². The SMILES string of the molecule is c1ccc2cc3c(cc2c1)nc1n3c2cc(-c3cccc4oc5ccccc5c34)cc3c2n1c1nc2cc4ccccc4cc2n31. The fourth-order valence-corrected chi connectivity index (χ4v) is 7.91. The topological polar surface area (TPSA) is 52.2 Å². The summed E-state index contributed by atoms with van der Waals surface area (Å²) in [7, 11) is 0. The highest BCUT2D eigenvalue weighted by Gasteiger charge is 2.25. The Bertz CT molecular complexity index is 3100. The first-order valence-electron chi connectivity index (χ1n) is 15.5. The Kier molecular flexibility index (Phi) is 3.91. The zero-order valence-electron chi connectivity index (χ0n) is 24.3. The molecule has 0 radical (unpaired) electrons. The Morgan fingerprint density at radius 3 is 1.63 bits per heavy atom. The molecule has 0 N–H and O–H groups in total. The second kappa shape index (κ2) is 7.81. The summed E-state index contributed by atoms with van der Waals surface area (Å²) in [5, 5.41) is 6.99. The molecule has 46 heavy (non-hydrogen) atoms. The molecule has 0 bridgehead atoms. The minimum Gasteiger partial charge on any atom is -0.456 e. The van der Waals surface area contributed by atoms with Gasteiger partial charge in [-0.1, -0.05) is 78.9 Å². The fraction of sp³-hybridized carbons (Fsp3) is 0. The molecule has 5 aromatic heterocycles. The Hall–Kier alpha value is -6.40. The van der Waals surface area contributed by atoms with Gasteiger partial charge in [0.05, 0.1) is 33.1 Å². The molecule has 0 aliphatic carbocycles. The van der Waals surface area contributed by atoms with E-state index in [1.54, 1.807) is 0 Å². The van der Waals surface area contributed by atoms with Crippen LogP contribution in [0.1, 0.15) is 0 Å². The van der Waals surface area contributed by atoms with Gasteiger partial charge in [-0.3, -0.25) is 8.80 Å². The molecular weight excluding hydrogens is 566 g/mol. The zero-order valence-corrected chi connectivity index (χ0v) is 24.3. The second-order valence-corrected chi connectivity index (χ2v) is 12.3. The Morgan fingerprint density at radius 2 is 1.00 bits per heavy atom. The molecule has 0 aliphatic rings. The third-order valence-electron chi connectivity index (χ3n) is 9.90. The predicted molar refractivity (Wildman–Crippen MR) is 186 cm³/mol. The minimum atomic E-state index is 0.865. The minimum absolute atomic E-state index is 0.865. The van der Waals surface area contributed by atoms with Crippen molar-refractivity contribution in [3.63, 3.8) is 0 Å². The zero-order chi connectivity index (χ0) is 29.7. The number of rotatable bonds is 1. The third kappa shape index (κ3) is 2.70. The molecule has 0 spiro atoms. The molecule has 12 rings (SSSR count). The van der Waals surface area contributed by atoms with Crippen LogP contribution >= 0.6 is 0 Å². The summed E-state index contributed by atoms with van der Waals surface area (Å²) >= 11 is 0. The van der Waals surface area contributed by atoms with Gasteiger partial charge in [-0.15, -0.1) is 0 Å². The highest BCUT2D eigenvalue weighted by Crippen LogP contribution is 2.42. The van der Waals surface area contributed by atoms with Crippen molar-refractivity contribution >= 4 is 93.7 Å². The van der Waals surface area contributed by atoms with Gasteiger partial charge < -0.3 is 4.42 Å². The predicted octanol–water partition coefficient (Wildman–Crippen LogP) is 10.0. The standard InChI is InChI=1S/C40H21N5O/c1-3-10-24-18-31-29(16-22(24)8-1)41-39-43(31)33-20-26(27-13-7-15-36-37(27)28-12-5-6-14-35(28)46-36)21-34-38(33)45(39)40-42-30-17-23-9-2-4-11-25(23)19-32(30)44(34)40/h1-21H. The van der Waals surface area contributed by atoms with Crippen LogP contribution in [-0.2, 0) is 0 Å². The van der Waals surface area contributed by atoms with E-state index < -0.39 is 0 Å². The fourth-order valence-electron chi connectivity index (χ4n) is 7.91. The number of nitrogens with zero attached hydrogens (tertiary/aromatic N) is 5. The lowest BCUT2D eigenvalue weighted by atomic mass is 9.98. The molecule has 212 valence electrons. The van der Waals surface area contributed by atoms with Crippen molar-refractivity contribution in [3.8, 4) is 11.1 Å². The van der Waals surface area contributed by atoms with Gasteiger partial charge in [0.15, 0.2) is 0 Å². The van der Waals surface area contributed by atoms with E-state index >= 15 is 0 Å². The lowest BCUT2D eigenvalue weighted by molar-refractivity contribution is 0.669. The summed E-state index contributed by atoms with van der Waals surface area (Å²) in [6.45, 7) is 0. The number of benzene rings is 7. The molecule has 0 fully saturated rings. The first-order chi connectivity index (χ1) is 22.8. The van der Waals surface area contributed by atoms with Gasteiger partial charge in [-0.2, -0.15) is 0 Å². The van der Waals surface area contributed by atoms with Crippen molar-refractivity contribution in [2.24, 2.45) is 0 Å². The summed E-state index contributed by atoms with van der Waals surface area (Å²) in [6.07, 6.45) is 0. The van der Waals surface area contributed by atoms with Gasteiger partial charge in [0.1, 0.15) is 16.7 Å². The number of imidazole rings is 4. The lowest BCUT2D eigenvalue weighted by Gasteiger charge is -2.07. The van der Waals surface area contributed by atoms with E-state index in [1.165, 1.54) is 21.5 Å². The molecule has 7 aromatic carbocycles. The van der Waals surface area contributed by atoms with Crippen molar-refractivity contribution in [1.82, 2.24) is 23.2 Å². The Balaban J connectivity index is 1.32. The molecule has 0 saturated heterocycles. The molecule has 6 heteroatoms. The van der Waals surface area contributed by atoms with Crippen LogP contribution in [0, 0.1) is 0 Å². The van der Waals surface area contributed by atoms with E-state index in [9.17, 15) is 0 Å². The molecule has 5 heterocycles. The van der Waals surface area contributed by atoms with Gasteiger partial charge in [0.25, 0.3) is 0 Å². The molecular formula is C40H21N5O. The first-order valence-corrected chi connectivity index (χ1v) is 15.5. The summed E-state index contributed by atoms with van der Waals surface area (Å²) < 4.78 is 13.2. The Labute approximate surface area is 259 Å². The molecule has 0 amide bonds. The number of hydrogen-bond donors (Lipinski definition) is 0. The van der Waals surface area contributed by atoms with Gasteiger partial charge in [-0.25, -0.2) is 14.4 Å². The maximum absolute atomic E-state index is 6.32. The van der Waals surface area contributed by atoms with Gasteiger partial charge >= 0.3 is 0 Å². The van der Waals surface area contributed by atoms with Crippen LogP contribution in [0.15, 0.2) is 132 Å². The highest BCUT2D eigenvalue weighted by atomic mass is 16.3.